The molecule has 0 aliphatic rings. The third kappa shape index (κ3) is 4.29. The van der Waals surface area contributed by atoms with E-state index in [0.29, 0.717) is 11.1 Å². The largest absolute Gasteiger partial charge is 0.456 e. The second-order valence-electron chi connectivity index (χ2n) is 11.9. The average molecular weight is 613 g/mol. The molecule has 2 aromatic heterocycles. The Hall–Kier alpha value is -6.88. The van der Waals surface area contributed by atoms with Gasteiger partial charge in [-0.05, 0) is 88.0 Å². The molecule has 7 aromatic carbocycles. The van der Waals surface area contributed by atoms with Crippen LogP contribution >= 0.6 is 0 Å². The Morgan fingerprint density at radius 3 is 1.60 bits per heavy atom. The van der Waals surface area contributed by atoms with Gasteiger partial charge in [0.15, 0.2) is 0 Å². The van der Waals surface area contributed by atoms with Gasteiger partial charge in [0.2, 0.25) is 0 Å². The molecule has 0 N–H and O–H groups in total. The fourth-order valence-corrected chi connectivity index (χ4v) is 6.98. The third-order valence-corrected chi connectivity index (χ3v) is 9.16. The van der Waals surface area contributed by atoms with Crippen LogP contribution in [0.2, 0.25) is 0 Å². The summed E-state index contributed by atoms with van der Waals surface area (Å²) in [6.07, 6.45) is 0. The third-order valence-electron chi connectivity index (χ3n) is 9.16. The van der Waals surface area contributed by atoms with Crippen LogP contribution in [0.3, 0.4) is 0 Å². The van der Waals surface area contributed by atoms with Gasteiger partial charge in [0.05, 0.1) is 17.2 Å². The second-order valence-corrected chi connectivity index (χ2v) is 11.9. The minimum absolute atomic E-state index is 0.544. The topological polar surface area (TPSA) is 73.9 Å². The number of hydrogen-bond donors (Lipinski definition) is 0. The van der Waals surface area contributed by atoms with Crippen molar-refractivity contribution in [2.75, 3.05) is 0 Å². The lowest BCUT2D eigenvalue weighted by molar-refractivity contribution is 0.668. The molecule has 0 fully saturated rings. The van der Waals surface area contributed by atoms with Crippen LogP contribution in [0.5, 0.6) is 0 Å². The number of hydrogen-bond acceptors (Lipinski definition) is 4. The molecule has 0 saturated heterocycles. The summed E-state index contributed by atoms with van der Waals surface area (Å²) in [6, 6.07) is 53.2. The van der Waals surface area contributed by atoms with Crippen molar-refractivity contribution >= 4 is 43.9 Å². The summed E-state index contributed by atoms with van der Waals surface area (Å²) in [5, 5.41) is 25.0. The number of rotatable bonds is 4. The number of benzene rings is 7. The zero-order chi connectivity index (χ0) is 32.2. The van der Waals surface area contributed by atoms with Crippen LogP contribution < -0.4 is 0 Å². The minimum Gasteiger partial charge on any atom is -0.456 e. The van der Waals surface area contributed by atoms with Gasteiger partial charge in [0, 0.05) is 32.7 Å². The predicted octanol–water partition coefficient (Wildman–Crippen LogP) is 11.9. The lowest BCUT2D eigenvalue weighted by Crippen LogP contribution is -1.98. The van der Waals surface area contributed by atoms with E-state index >= 15 is 0 Å². The van der Waals surface area contributed by atoms with Crippen LogP contribution in [-0.4, -0.2) is 0 Å². The van der Waals surface area contributed by atoms with E-state index in [1.165, 1.54) is 0 Å². The summed E-state index contributed by atoms with van der Waals surface area (Å²) in [7, 11) is 0. The van der Waals surface area contributed by atoms with Gasteiger partial charge in [-0.2, -0.15) is 10.5 Å². The summed E-state index contributed by atoms with van der Waals surface area (Å²) < 4.78 is 12.4. The Kier molecular flexibility index (Phi) is 6.22. The van der Waals surface area contributed by atoms with E-state index < -0.39 is 0 Å². The van der Waals surface area contributed by atoms with Crippen LogP contribution in [0.1, 0.15) is 11.1 Å². The van der Waals surface area contributed by atoms with Gasteiger partial charge in [0.1, 0.15) is 28.4 Å². The fraction of sp³-hybridized carbons (Fsp3) is 0. The van der Waals surface area contributed by atoms with Crippen LogP contribution in [0.4, 0.5) is 0 Å². The van der Waals surface area contributed by atoms with Crippen LogP contribution in [-0.2, 0) is 0 Å². The molecule has 0 amide bonds. The van der Waals surface area contributed by atoms with Gasteiger partial charge < -0.3 is 8.83 Å². The lowest BCUT2D eigenvalue weighted by Gasteiger charge is -2.21. The number of nitriles is 2. The van der Waals surface area contributed by atoms with Crippen molar-refractivity contribution in [3.8, 4) is 56.6 Å². The number of para-hydroxylation sites is 2. The van der Waals surface area contributed by atoms with Crippen molar-refractivity contribution in [1.82, 2.24) is 0 Å². The molecular weight excluding hydrogens is 588 g/mol. The highest BCUT2D eigenvalue weighted by molar-refractivity contribution is 6.10. The first-order chi connectivity index (χ1) is 23.7. The van der Waals surface area contributed by atoms with E-state index in [4.69, 9.17) is 8.83 Å². The van der Waals surface area contributed by atoms with Crippen LogP contribution in [0.15, 0.2) is 154 Å². The van der Waals surface area contributed by atoms with Crippen molar-refractivity contribution in [2.24, 2.45) is 0 Å². The Morgan fingerprint density at radius 2 is 0.938 bits per heavy atom. The Bertz CT molecular complexity index is 2810. The van der Waals surface area contributed by atoms with Crippen molar-refractivity contribution < 1.29 is 8.83 Å². The number of nitrogens with zero attached hydrogens (tertiary/aromatic N) is 2. The quantitative estimate of drug-likeness (QED) is 0.198. The van der Waals surface area contributed by atoms with Gasteiger partial charge >= 0.3 is 0 Å². The first-order valence-electron chi connectivity index (χ1n) is 15.7. The molecule has 9 aromatic rings. The highest BCUT2D eigenvalue weighted by Crippen LogP contribution is 2.48. The second kappa shape index (κ2) is 10.9. The molecule has 4 nitrogen and oxygen atoms in total. The first kappa shape index (κ1) is 27.4. The summed E-state index contributed by atoms with van der Waals surface area (Å²) in [6.45, 7) is 0. The normalized spacial score (nSPS) is 11.3. The summed E-state index contributed by atoms with van der Waals surface area (Å²) in [4.78, 5) is 0. The molecule has 2 heterocycles. The van der Waals surface area contributed by atoms with Gasteiger partial charge in [-0.3, -0.25) is 0 Å². The van der Waals surface area contributed by atoms with Crippen LogP contribution in [0, 0.1) is 22.7 Å². The Morgan fingerprint density at radius 1 is 0.375 bits per heavy atom. The van der Waals surface area contributed by atoms with E-state index in [0.717, 1.165) is 88.4 Å². The van der Waals surface area contributed by atoms with E-state index in [1.54, 1.807) is 6.07 Å². The molecule has 0 saturated carbocycles. The van der Waals surface area contributed by atoms with E-state index in [2.05, 4.69) is 48.5 Å². The molecule has 0 aliphatic carbocycles. The minimum atomic E-state index is 0.544. The maximum atomic E-state index is 11.0. The fourth-order valence-electron chi connectivity index (χ4n) is 6.98. The summed E-state index contributed by atoms with van der Waals surface area (Å²) in [5.74, 6) is 0. The average Bonchev–Trinajstić information content (AvgIpc) is 3.72. The number of fused-ring (bicyclic) bond motifs is 6. The van der Waals surface area contributed by atoms with E-state index in [9.17, 15) is 10.5 Å². The predicted molar refractivity (Wildman–Crippen MR) is 192 cm³/mol. The molecular formula is C44H24N2O2. The van der Waals surface area contributed by atoms with E-state index in [-0.39, 0.29) is 0 Å². The SMILES string of the molecule is N#Cc1cccc(-c2c(-c3ccc4oc5ccccc5c4c3)cc(-c3ccccc3)c(C#N)c2-c2ccc3oc4ccccc4c3c2)c1. The Labute approximate surface area is 275 Å². The maximum absolute atomic E-state index is 11.0. The van der Waals surface area contributed by atoms with Crippen molar-refractivity contribution in [3.63, 3.8) is 0 Å². The molecule has 9 rings (SSSR count). The standard InChI is InChI=1S/C44H24N2O2/c45-25-27-9-8-12-30(21-27)43-35(29-17-19-41-36(22-29)32-13-4-6-15-39(32)47-41)24-34(28-10-2-1-3-11-28)38(26-46)44(43)31-18-20-42-37(23-31)33-14-5-7-16-40(33)48-42/h1-24H. The zero-order valence-corrected chi connectivity index (χ0v) is 25.6. The van der Waals surface area contributed by atoms with Crippen LogP contribution in [0.25, 0.3) is 88.4 Å². The summed E-state index contributed by atoms with van der Waals surface area (Å²) in [5.41, 5.74) is 11.4. The zero-order valence-electron chi connectivity index (χ0n) is 25.6. The smallest absolute Gasteiger partial charge is 0.135 e. The van der Waals surface area contributed by atoms with Gasteiger partial charge in [-0.1, -0.05) is 91.0 Å². The highest BCUT2D eigenvalue weighted by Gasteiger charge is 2.24. The van der Waals surface area contributed by atoms with Crippen molar-refractivity contribution in [2.45, 2.75) is 0 Å². The van der Waals surface area contributed by atoms with Gasteiger partial charge in [-0.15, -0.1) is 0 Å². The molecule has 222 valence electrons. The molecule has 0 aliphatic heterocycles. The van der Waals surface area contributed by atoms with E-state index in [1.807, 2.05) is 103 Å². The summed E-state index contributed by atoms with van der Waals surface area (Å²) >= 11 is 0. The van der Waals surface area contributed by atoms with Crippen molar-refractivity contribution in [3.05, 3.63) is 157 Å². The molecule has 48 heavy (non-hydrogen) atoms. The van der Waals surface area contributed by atoms with Gasteiger partial charge in [-0.25, -0.2) is 0 Å². The maximum Gasteiger partial charge on any atom is 0.135 e. The Balaban J connectivity index is 1.44. The van der Waals surface area contributed by atoms with Gasteiger partial charge in [0.25, 0.3) is 0 Å². The molecule has 0 spiro atoms. The molecule has 0 atom stereocenters. The molecule has 4 heteroatoms. The first-order valence-corrected chi connectivity index (χ1v) is 15.7. The molecule has 0 unspecified atom stereocenters. The van der Waals surface area contributed by atoms with Crippen molar-refractivity contribution in [1.29, 1.82) is 10.5 Å². The lowest BCUT2D eigenvalue weighted by atomic mass is 9.80. The highest BCUT2D eigenvalue weighted by atomic mass is 16.3. The number of furan rings is 2. The molecule has 0 radical (unpaired) electrons. The monoisotopic (exact) mass is 612 g/mol. The molecule has 0 bridgehead atoms.